The Balaban J connectivity index is 1.27. The Morgan fingerprint density at radius 3 is 2.72 bits per heavy atom. The van der Waals surface area contributed by atoms with Crippen molar-refractivity contribution >= 4 is 22.6 Å². The summed E-state index contributed by atoms with van der Waals surface area (Å²) in [6.45, 7) is 4.46. The van der Waals surface area contributed by atoms with Crippen LogP contribution in [0.2, 0.25) is 0 Å². The Labute approximate surface area is 208 Å². The summed E-state index contributed by atoms with van der Waals surface area (Å²) in [6, 6.07) is 15.3. The number of nitrogens with one attached hydrogen (secondary N) is 1. The van der Waals surface area contributed by atoms with Crippen molar-refractivity contribution in [3.05, 3.63) is 82.0 Å². The summed E-state index contributed by atoms with van der Waals surface area (Å²) < 4.78 is 13.4. The summed E-state index contributed by atoms with van der Waals surface area (Å²) in [5.74, 6) is 0.190. The molecule has 0 spiro atoms. The minimum atomic E-state index is -0.633. The fourth-order valence-corrected chi connectivity index (χ4v) is 4.39. The van der Waals surface area contributed by atoms with E-state index in [9.17, 15) is 9.59 Å². The van der Waals surface area contributed by atoms with Crippen molar-refractivity contribution in [3.63, 3.8) is 0 Å². The number of aromatic nitrogens is 3. The number of nitrogens with zero attached hydrogens (tertiary/aromatic N) is 4. The number of anilines is 1. The smallest absolute Gasteiger partial charge is 0.360 e. The first-order chi connectivity index (χ1) is 17.5. The van der Waals surface area contributed by atoms with Gasteiger partial charge in [0, 0.05) is 30.6 Å². The molecule has 1 aliphatic heterocycles. The van der Waals surface area contributed by atoms with Gasteiger partial charge in [-0.05, 0) is 57.0 Å². The number of piperidine rings is 1. The zero-order chi connectivity index (χ0) is 25.1. The molecule has 9 nitrogen and oxygen atoms in total. The maximum atomic E-state index is 12.7. The quantitative estimate of drug-likeness (QED) is 0.397. The summed E-state index contributed by atoms with van der Waals surface area (Å²) in [6.07, 6.45) is 4.39. The van der Waals surface area contributed by atoms with Crippen molar-refractivity contribution in [3.8, 4) is 5.75 Å². The van der Waals surface area contributed by atoms with Crippen LogP contribution in [0.3, 0.4) is 0 Å². The van der Waals surface area contributed by atoms with Crippen LogP contribution in [0.1, 0.15) is 34.5 Å². The van der Waals surface area contributed by atoms with Crippen molar-refractivity contribution in [2.75, 3.05) is 25.5 Å². The third kappa shape index (κ3) is 5.31. The van der Waals surface area contributed by atoms with Gasteiger partial charge in [0.1, 0.15) is 23.1 Å². The van der Waals surface area contributed by atoms with Gasteiger partial charge in [0.15, 0.2) is 5.69 Å². The molecule has 0 aliphatic carbocycles. The molecule has 36 heavy (non-hydrogen) atoms. The van der Waals surface area contributed by atoms with Crippen LogP contribution in [-0.2, 0) is 13.0 Å². The van der Waals surface area contributed by atoms with Gasteiger partial charge in [-0.25, -0.2) is 4.79 Å². The van der Waals surface area contributed by atoms with Crippen LogP contribution >= 0.6 is 0 Å². The number of ether oxygens (including phenoxy) is 1. The van der Waals surface area contributed by atoms with Gasteiger partial charge in [-0.15, -0.1) is 5.10 Å². The van der Waals surface area contributed by atoms with Gasteiger partial charge in [0.05, 0.1) is 6.20 Å². The van der Waals surface area contributed by atoms with Crippen LogP contribution in [0.15, 0.2) is 63.9 Å². The van der Waals surface area contributed by atoms with Gasteiger partial charge < -0.3 is 19.4 Å². The van der Waals surface area contributed by atoms with Crippen LogP contribution in [0.25, 0.3) is 11.0 Å². The number of aryl methyl sites for hydroxylation is 3. The van der Waals surface area contributed by atoms with Crippen molar-refractivity contribution < 1.29 is 13.9 Å². The predicted octanol–water partition coefficient (Wildman–Crippen LogP) is 3.66. The monoisotopic (exact) mass is 487 g/mol. The lowest BCUT2D eigenvalue weighted by Gasteiger charge is -2.29. The number of hydrogen-bond donors (Lipinski definition) is 1. The molecule has 2 aromatic heterocycles. The number of hydrogen-bond acceptors (Lipinski definition) is 7. The SMILES string of the molecule is Cc1c(OC2CCN(C)CC2)ccc2cc(NC(=O)c3cn(CCc4ccccc4)nn3)c(=O)oc12. The van der Waals surface area contributed by atoms with E-state index >= 15 is 0 Å². The highest BCUT2D eigenvalue weighted by Gasteiger charge is 2.20. The lowest BCUT2D eigenvalue weighted by atomic mass is 10.1. The highest BCUT2D eigenvalue weighted by Crippen LogP contribution is 2.30. The summed E-state index contributed by atoms with van der Waals surface area (Å²) >= 11 is 0. The van der Waals surface area contributed by atoms with Crippen molar-refractivity contribution in [2.24, 2.45) is 0 Å². The van der Waals surface area contributed by atoms with Crippen LogP contribution in [0, 0.1) is 6.92 Å². The second-order valence-electron chi connectivity index (χ2n) is 9.23. The lowest BCUT2D eigenvalue weighted by molar-refractivity contribution is 0.102. The van der Waals surface area contributed by atoms with E-state index in [4.69, 9.17) is 9.15 Å². The zero-order valence-electron chi connectivity index (χ0n) is 20.4. The van der Waals surface area contributed by atoms with Gasteiger partial charge in [0.2, 0.25) is 0 Å². The largest absolute Gasteiger partial charge is 0.490 e. The molecule has 186 valence electrons. The van der Waals surface area contributed by atoms with Gasteiger partial charge in [-0.3, -0.25) is 9.48 Å². The Hall–Kier alpha value is -3.98. The molecule has 4 aromatic rings. The van der Waals surface area contributed by atoms with E-state index in [1.807, 2.05) is 49.4 Å². The molecule has 0 atom stereocenters. The second kappa shape index (κ2) is 10.3. The van der Waals surface area contributed by atoms with E-state index in [0.29, 0.717) is 23.3 Å². The average molecular weight is 488 g/mol. The summed E-state index contributed by atoms with van der Waals surface area (Å²) in [5.41, 5.74) is 1.93. The van der Waals surface area contributed by atoms with Gasteiger partial charge in [-0.2, -0.15) is 0 Å². The molecule has 1 N–H and O–H groups in total. The van der Waals surface area contributed by atoms with Gasteiger partial charge in [0.25, 0.3) is 5.91 Å². The first-order valence-electron chi connectivity index (χ1n) is 12.1. The molecular formula is C27H29N5O4. The van der Waals surface area contributed by atoms with E-state index in [-0.39, 0.29) is 17.5 Å². The summed E-state index contributed by atoms with van der Waals surface area (Å²) in [5, 5.41) is 11.3. The van der Waals surface area contributed by atoms with Crippen molar-refractivity contribution in [2.45, 2.75) is 38.8 Å². The Morgan fingerprint density at radius 2 is 1.94 bits per heavy atom. The maximum absolute atomic E-state index is 12.7. The first kappa shape index (κ1) is 23.7. The number of carbonyl (C=O) groups excluding carboxylic acids is 1. The number of rotatable bonds is 7. The van der Waals surface area contributed by atoms with E-state index in [0.717, 1.165) is 37.9 Å². The molecule has 0 radical (unpaired) electrons. The fraction of sp³-hybridized carbons (Fsp3) is 0.333. The highest BCUT2D eigenvalue weighted by molar-refractivity contribution is 6.03. The molecule has 2 aromatic carbocycles. The zero-order valence-corrected chi connectivity index (χ0v) is 20.4. The van der Waals surface area contributed by atoms with E-state index in [1.165, 1.54) is 5.56 Å². The highest BCUT2D eigenvalue weighted by atomic mass is 16.5. The normalized spacial score (nSPS) is 14.7. The third-order valence-corrected chi connectivity index (χ3v) is 6.55. The molecule has 1 aliphatic rings. The molecule has 5 rings (SSSR count). The van der Waals surface area contributed by atoms with E-state index in [1.54, 1.807) is 16.9 Å². The molecule has 0 bridgehead atoms. The lowest BCUT2D eigenvalue weighted by Crippen LogP contribution is -2.35. The summed E-state index contributed by atoms with van der Waals surface area (Å²) in [4.78, 5) is 27.7. The first-order valence-corrected chi connectivity index (χ1v) is 12.1. The fourth-order valence-electron chi connectivity index (χ4n) is 4.39. The Bertz CT molecular complexity index is 1420. The topological polar surface area (TPSA) is 102 Å². The molecule has 1 saturated heterocycles. The average Bonchev–Trinajstić information content (AvgIpc) is 3.37. The number of amides is 1. The molecule has 1 fully saturated rings. The molecule has 1 amide bonds. The predicted molar refractivity (Wildman–Crippen MR) is 136 cm³/mol. The number of benzene rings is 2. The Kier molecular flexibility index (Phi) is 6.81. The molecule has 0 saturated carbocycles. The minimum Gasteiger partial charge on any atom is -0.490 e. The second-order valence-corrected chi connectivity index (χ2v) is 9.23. The van der Waals surface area contributed by atoms with Crippen LogP contribution < -0.4 is 15.7 Å². The standard InChI is InChI=1S/C27H29N5O4/c1-18-24(35-21-11-13-31(2)14-12-21)9-8-20-16-22(27(34)36-25(18)20)28-26(33)23-17-32(30-29-23)15-10-19-6-4-3-5-7-19/h3-9,16-17,21H,10-15H2,1-2H3,(H,28,33). The minimum absolute atomic E-state index is 0.0507. The molecule has 9 heteroatoms. The van der Waals surface area contributed by atoms with Gasteiger partial charge >= 0.3 is 5.63 Å². The number of carbonyl (C=O) groups is 1. The van der Waals surface area contributed by atoms with Gasteiger partial charge in [-0.1, -0.05) is 35.5 Å². The Morgan fingerprint density at radius 1 is 1.17 bits per heavy atom. The van der Waals surface area contributed by atoms with Crippen LogP contribution in [0.5, 0.6) is 5.75 Å². The van der Waals surface area contributed by atoms with Crippen molar-refractivity contribution in [1.29, 1.82) is 0 Å². The van der Waals surface area contributed by atoms with Crippen molar-refractivity contribution in [1.82, 2.24) is 19.9 Å². The van der Waals surface area contributed by atoms with E-state index < -0.39 is 11.5 Å². The maximum Gasteiger partial charge on any atom is 0.360 e. The number of likely N-dealkylation sites (tertiary alicyclic amines) is 1. The number of fused-ring (bicyclic) bond motifs is 1. The van der Waals surface area contributed by atoms with Crippen LogP contribution in [-0.4, -0.2) is 52.0 Å². The van der Waals surface area contributed by atoms with Crippen LogP contribution in [0.4, 0.5) is 5.69 Å². The summed E-state index contributed by atoms with van der Waals surface area (Å²) in [7, 11) is 2.11. The molecular weight excluding hydrogens is 458 g/mol. The van der Waals surface area contributed by atoms with E-state index in [2.05, 4.69) is 27.6 Å². The molecule has 3 heterocycles. The third-order valence-electron chi connectivity index (χ3n) is 6.55. The molecule has 0 unspecified atom stereocenters.